The fourth-order valence-corrected chi connectivity index (χ4v) is 2.08. The lowest BCUT2D eigenvalue weighted by atomic mass is 10.2. The average molecular weight is 256 g/mol. The van der Waals surface area contributed by atoms with E-state index < -0.39 is 0 Å². The lowest BCUT2D eigenvalue weighted by Crippen LogP contribution is -2.20. The Morgan fingerprint density at radius 3 is 3.00 bits per heavy atom. The molecule has 5 nitrogen and oxygen atoms in total. The van der Waals surface area contributed by atoms with Crippen molar-refractivity contribution in [2.24, 2.45) is 0 Å². The predicted molar refractivity (Wildman–Crippen MR) is 71.7 cm³/mol. The number of nitrogens with one attached hydrogen (secondary N) is 1. The molecule has 0 fully saturated rings. The summed E-state index contributed by atoms with van der Waals surface area (Å²) in [6.45, 7) is 4.79. The van der Waals surface area contributed by atoms with Crippen LogP contribution in [0.5, 0.6) is 0 Å². The molecule has 19 heavy (non-hydrogen) atoms. The van der Waals surface area contributed by atoms with Gasteiger partial charge in [0.05, 0.1) is 18.8 Å². The molecule has 1 atom stereocenters. The first-order valence-corrected chi connectivity index (χ1v) is 6.31. The van der Waals surface area contributed by atoms with Crippen molar-refractivity contribution in [2.75, 3.05) is 0 Å². The summed E-state index contributed by atoms with van der Waals surface area (Å²) in [5.74, 6) is 1.86. The average Bonchev–Trinajstić information content (AvgIpc) is 3.02. The Morgan fingerprint density at radius 2 is 2.21 bits per heavy atom. The minimum absolute atomic E-state index is 0.0990. The summed E-state index contributed by atoms with van der Waals surface area (Å²) >= 11 is 0. The van der Waals surface area contributed by atoms with E-state index in [0.717, 1.165) is 22.8 Å². The van der Waals surface area contributed by atoms with Gasteiger partial charge in [-0.1, -0.05) is 6.07 Å². The molecule has 3 heterocycles. The number of furan rings is 1. The standard InChI is InChI=1S/C14H16N4O/c1-10-6-8-19-12(10)9-15-11(2)14-17-16-13-5-3-4-7-18(13)14/h3-8,11,15H,9H2,1-2H3. The minimum atomic E-state index is 0.0990. The molecule has 98 valence electrons. The first-order valence-electron chi connectivity index (χ1n) is 6.31. The second kappa shape index (κ2) is 4.85. The van der Waals surface area contributed by atoms with Gasteiger partial charge in [-0.25, -0.2) is 0 Å². The van der Waals surface area contributed by atoms with Gasteiger partial charge in [0.15, 0.2) is 11.5 Å². The van der Waals surface area contributed by atoms with Crippen LogP contribution in [0, 0.1) is 6.92 Å². The van der Waals surface area contributed by atoms with Crippen molar-refractivity contribution in [1.82, 2.24) is 19.9 Å². The zero-order valence-electron chi connectivity index (χ0n) is 11.0. The Labute approximate surface area is 111 Å². The van der Waals surface area contributed by atoms with Gasteiger partial charge >= 0.3 is 0 Å². The highest BCUT2D eigenvalue weighted by molar-refractivity contribution is 5.37. The molecule has 0 radical (unpaired) electrons. The van der Waals surface area contributed by atoms with Gasteiger partial charge in [-0.3, -0.25) is 4.40 Å². The molecule has 1 unspecified atom stereocenters. The van der Waals surface area contributed by atoms with Crippen LogP contribution in [0.4, 0.5) is 0 Å². The van der Waals surface area contributed by atoms with E-state index in [0.29, 0.717) is 6.54 Å². The molecular weight excluding hydrogens is 240 g/mol. The fraction of sp³-hybridized carbons (Fsp3) is 0.286. The Hall–Kier alpha value is -2.14. The maximum Gasteiger partial charge on any atom is 0.160 e. The van der Waals surface area contributed by atoms with Crippen LogP contribution in [0.25, 0.3) is 5.65 Å². The number of hydrogen-bond donors (Lipinski definition) is 1. The van der Waals surface area contributed by atoms with Crippen molar-refractivity contribution in [3.63, 3.8) is 0 Å². The van der Waals surface area contributed by atoms with E-state index in [9.17, 15) is 0 Å². The third-order valence-corrected chi connectivity index (χ3v) is 3.26. The third-order valence-electron chi connectivity index (χ3n) is 3.26. The van der Waals surface area contributed by atoms with Crippen LogP contribution in [0.15, 0.2) is 41.1 Å². The smallest absolute Gasteiger partial charge is 0.160 e. The molecule has 0 bridgehead atoms. The van der Waals surface area contributed by atoms with Crippen LogP contribution < -0.4 is 5.32 Å². The summed E-state index contributed by atoms with van der Waals surface area (Å²) in [5.41, 5.74) is 2.02. The molecule has 5 heteroatoms. The highest BCUT2D eigenvalue weighted by Crippen LogP contribution is 2.14. The van der Waals surface area contributed by atoms with Crippen molar-refractivity contribution in [1.29, 1.82) is 0 Å². The third kappa shape index (κ3) is 2.24. The number of pyridine rings is 1. The summed E-state index contributed by atoms with van der Waals surface area (Å²) in [5, 5.41) is 11.8. The van der Waals surface area contributed by atoms with Crippen molar-refractivity contribution >= 4 is 5.65 Å². The van der Waals surface area contributed by atoms with Gasteiger partial charge < -0.3 is 9.73 Å². The van der Waals surface area contributed by atoms with Gasteiger partial charge in [0.1, 0.15) is 5.76 Å². The van der Waals surface area contributed by atoms with Crippen LogP contribution in [-0.4, -0.2) is 14.6 Å². The largest absolute Gasteiger partial charge is 0.468 e. The summed E-state index contributed by atoms with van der Waals surface area (Å²) in [6, 6.07) is 7.94. The Balaban J connectivity index is 1.77. The Morgan fingerprint density at radius 1 is 1.32 bits per heavy atom. The van der Waals surface area contributed by atoms with E-state index in [1.807, 2.05) is 41.8 Å². The summed E-state index contributed by atoms with van der Waals surface area (Å²) in [4.78, 5) is 0. The number of aryl methyl sites for hydroxylation is 1. The van der Waals surface area contributed by atoms with Crippen LogP contribution in [-0.2, 0) is 6.54 Å². The van der Waals surface area contributed by atoms with Crippen LogP contribution in [0.3, 0.4) is 0 Å². The van der Waals surface area contributed by atoms with Crippen molar-refractivity contribution in [3.05, 3.63) is 53.9 Å². The molecule has 0 aliphatic carbocycles. The molecule has 0 amide bonds. The highest BCUT2D eigenvalue weighted by Gasteiger charge is 2.13. The first-order chi connectivity index (χ1) is 9.25. The summed E-state index contributed by atoms with van der Waals surface area (Å²) in [7, 11) is 0. The number of rotatable bonds is 4. The van der Waals surface area contributed by atoms with E-state index in [-0.39, 0.29) is 6.04 Å². The fourth-order valence-electron chi connectivity index (χ4n) is 2.08. The minimum Gasteiger partial charge on any atom is -0.468 e. The van der Waals surface area contributed by atoms with Gasteiger partial charge in [0, 0.05) is 6.20 Å². The van der Waals surface area contributed by atoms with Crippen molar-refractivity contribution in [2.45, 2.75) is 26.4 Å². The second-order valence-electron chi connectivity index (χ2n) is 4.62. The lowest BCUT2D eigenvalue weighted by molar-refractivity contribution is 0.450. The number of fused-ring (bicyclic) bond motifs is 1. The molecule has 0 aliphatic rings. The van der Waals surface area contributed by atoms with Crippen LogP contribution >= 0.6 is 0 Å². The van der Waals surface area contributed by atoms with Crippen molar-refractivity contribution < 1.29 is 4.42 Å². The zero-order valence-corrected chi connectivity index (χ0v) is 11.0. The maximum atomic E-state index is 5.41. The number of hydrogen-bond acceptors (Lipinski definition) is 4. The summed E-state index contributed by atoms with van der Waals surface area (Å²) < 4.78 is 7.41. The molecule has 0 saturated carbocycles. The van der Waals surface area contributed by atoms with Gasteiger partial charge in [0.2, 0.25) is 0 Å². The molecule has 0 aliphatic heterocycles. The predicted octanol–water partition coefficient (Wildman–Crippen LogP) is 2.48. The molecule has 3 aromatic heterocycles. The van der Waals surface area contributed by atoms with E-state index >= 15 is 0 Å². The number of nitrogens with zero attached hydrogens (tertiary/aromatic N) is 3. The van der Waals surface area contributed by atoms with E-state index in [1.54, 1.807) is 6.26 Å². The summed E-state index contributed by atoms with van der Waals surface area (Å²) in [6.07, 6.45) is 3.68. The zero-order chi connectivity index (χ0) is 13.2. The Kier molecular flexibility index (Phi) is 3.05. The highest BCUT2D eigenvalue weighted by atomic mass is 16.3. The normalized spacial score (nSPS) is 12.9. The molecule has 0 spiro atoms. The quantitative estimate of drug-likeness (QED) is 0.779. The van der Waals surface area contributed by atoms with Gasteiger partial charge in [-0.15, -0.1) is 10.2 Å². The van der Waals surface area contributed by atoms with E-state index in [2.05, 4.69) is 22.4 Å². The van der Waals surface area contributed by atoms with Crippen LogP contribution in [0.2, 0.25) is 0 Å². The molecular formula is C14H16N4O. The SMILES string of the molecule is Cc1ccoc1CNC(C)c1nnc2ccccn12. The number of aromatic nitrogens is 3. The maximum absolute atomic E-state index is 5.41. The molecule has 3 aromatic rings. The lowest BCUT2D eigenvalue weighted by Gasteiger charge is -2.11. The topological polar surface area (TPSA) is 55.4 Å². The second-order valence-corrected chi connectivity index (χ2v) is 4.62. The Bertz CT molecular complexity index is 685. The van der Waals surface area contributed by atoms with E-state index in [1.165, 1.54) is 0 Å². The first kappa shape index (κ1) is 11.9. The van der Waals surface area contributed by atoms with E-state index in [4.69, 9.17) is 4.42 Å². The molecule has 1 N–H and O–H groups in total. The molecule has 0 aromatic carbocycles. The molecule has 3 rings (SSSR count). The van der Waals surface area contributed by atoms with Gasteiger partial charge in [-0.05, 0) is 37.6 Å². The van der Waals surface area contributed by atoms with Crippen molar-refractivity contribution in [3.8, 4) is 0 Å². The monoisotopic (exact) mass is 256 g/mol. The van der Waals surface area contributed by atoms with Gasteiger partial charge in [-0.2, -0.15) is 0 Å². The van der Waals surface area contributed by atoms with Gasteiger partial charge in [0.25, 0.3) is 0 Å². The van der Waals surface area contributed by atoms with Crippen LogP contribution in [0.1, 0.15) is 30.1 Å². The molecule has 0 saturated heterocycles.